The molecular weight excluding hydrogens is 268 g/mol. The quantitative estimate of drug-likeness (QED) is 0.802. The van der Waals surface area contributed by atoms with Gasteiger partial charge in [0, 0.05) is 26.7 Å². The van der Waals surface area contributed by atoms with Gasteiger partial charge < -0.3 is 14.5 Å². The molecule has 21 heavy (non-hydrogen) atoms. The fraction of sp³-hybridized carbons (Fsp3) is 0.875. The number of hydrogen-bond acceptors (Lipinski definition) is 3. The molecule has 5 nitrogen and oxygen atoms in total. The highest BCUT2D eigenvalue weighted by atomic mass is 16.6. The van der Waals surface area contributed by atoms with E-state index in [9.17, 15) is 9.59 Å². The molecule has 0 N–H and O–H groups in total. The van der Waals surface area contributed by atoms with E-state index in [1.807, 2.05) is 27.8 Å². The molecule has 1 aliphatic heterocycles. The molecule has 0 aromatic carbocycles. The average Bonchev–Trinajstić information content (AvgIpc) is 2.42. The van der Waals surface area contributed by atoms with Crippen molar-refractivity contribution in [3.8, 4) is 0 Å². The number of amides is 2. The summed E-state index contributed by atoms with van der Waals surface area (Å²) in [6.45, 7) is 9.63. The van der Waals surface area contributed by atoms with E-state index in [1.54, 1.807) is 9.80 Å². The van der Waals surface area contributed by atoms with Gasteiger partial charge in [0.15, 0.2) is 0 Å². The minimum atomic E-state index is -0.494. The number of hydrogen-bond donors (Lipinski definition) is 0. The maximum Gasteiger partial charge on any atom is 0.410 e. The summed E-state index contributed by atoms with van der Waals surface area (Å²) in [6.07, 6.45) is 3.50. The van der Waals surface area contributed by atoms with E-state index >= 15 is 0 Å². The molecule has 1 saturated heterocycles. The van der Waals surface area contributed by atoms with E-state index in [4.69, 9.17) is 4.74 Å². The zero-order valence-electron chi connectivity index (χ0n) is 14.1. The van der Waals surface area contributed by atoms with Crippen LogP contribution in [0.15, 0.2) is 0 Å². The SMILES string of the molecule is CCCCN(C)C(=O)C1CCCN(C(=O)OC(C)(C)C)C1. The topological polar surface area (TPSA) is 49.9 Å². The first-order chi connectivity index (χ1) is 9.74. The summed E-state index contributed by atoms with van der Waals surface area (Å²) >= 11 is 0. The van der Waals surface area contributed by atoms with Gasteiger partial charge in [-0.15, -0.1) is 0 Å². The zero-order valence-corrected chi connectivity index (χ0v) is 14.1. The molecule has 1 aliphatic rings. The summed E-state index contributed by atoms with van der Waals surface area (Å²) < 4.78 is 5.39. The lowest BCUT2D eigenvalue weighted by atomic mass is 9.97. The van der Waals surface area contributed by atoms with E-state index in [1.165, 1.54) is 0 Å². The molecule has 0 aromatic rings. The Hall–Kier alpha value is -1.26. The molecule has 0 spiro atoms. The van der Waals surface area contributed by atoms with Gasteiger partial charge in [0.25, 0.3) is 0 Å². The number of likely N-dealkylation sites (tertiary alicyclic amines) is 1. The van der Waals surface area contributed by atoms with Crippen molar-refractivity contribution in [2.45, 2.75) is 59.0 Å². The van der Waals surface area contributed by atoms with Gasteiger partial charge in [0.2, 0.25) is 5.91 Å². The molecule has 1 unspecified atom stereocenters. The molecule has 2 amide bonds. The van der Waals surface area contributed by atoms with Crippen molar-refractivity contribution in [1.29, 1.82) is 0 Å². The van der Waals surface area contributed by atoms with Crippen LogP contribution in [0.2, 0.25) is 0 Å². The molecule has 0 saturated carbocycles. The summed E-state index contributed by atoms with van der Waals surface area (Å²) in [5, 5.41) is 0. The van der Waals surface area contributed by atoms with E-state index in [0.29, 0.717) is 13.1 Å². The largest absolute Gasteiger partial charge is 0.444 e. The number of piperidine rings is 1. The van der Waals surface area contributed by atoms with E-state index in [0.717, 1.165) is 32.2 Å². The number of rotatable bonds is 4. The Morgan fingerprint density at radius 3 is 2.57 bits per heavy atom. The minimum Gasteiger partial charge on any atom is -0.444 e. The second kappa shape index (κ2) is 7.66. The second-order valence-electron chi connectivity index (χ2n) is 6.88. The van der Waals surface area contributed by atoms with Crippen molar-refractivity contribution < 1.29 is 14.3 Å². The molecule has 1 fully saturated rings. The third-order valence-electron chi connectivity index (χ3n) is 3.65. The number of carbonyl (C=O) groups excluding carboxylic acids is 2. The van der Waals surface area contributed by atoms with Crippen LogP contribution in [0.3, 0.4) is 0 Å². The average molecular weight is 298 g/mol. The van der Waals surface area contributed by atoms with E-state index in [-0.39, 0.29) is 17.9 Å². The molecule has 122 valence electrons. The first-order valence-electron chi connectivity index (χ1n) is 7.97. The minimum absolute atomic E-state index is 0.0897. The molecule has 0 aliphatic carbocycles. The highest BCUT2D eigenvalue weighted by Crippen LogP contribution is 2.21. The first kappa shape index (κ1) is 17.8. The Bertz CT molecular complexity index is 363. The first-order valence-corrected chi connectivity index (χ1v) is 7.97. The Kier molecular flexibility index (Phi) is 6.49. The van der Waals surface area contributed by atoms with Crippen LogP contribution in [0.1, 0.15) is 53.4 Å². The fourth-order valence-electron chi connectivity index (χ4n) is 2.49. The standard InChI is InChI=1S/C16H30N2O3/c1-6-7-10-17(5)14(19)13-9-8-11-18(12-13)15(20)21-16(2,3)4/h13H,6-12H2,1-5H3. The molecule has 0 radical (unpaired) electrons. The summed E-state index contributed by atoms with van der Waals surface area (Å²) in [5.74, 6) is 0.0600. The molecule has 0 bridgehead atoms. The van der Waals surface area contributed by atoms with Gasteiger partial charge in [-0.05, 0) is 40.0 Å². The van der Waals surface area contributed by atoms with Gasteiger partial charge >= 0.3 is 6.09 Å². The Morgan fingerprint density at radius 1 is 1.33 bits per heavy atom. The van der Waals surface area contributed by atoms with Crippen molar-refractivity contribution >= 4 is 12.0 Å². The predicted octanol–water partition coefficient (Wildman–Crippen LogP) is 2.89. The van der Waals surface area contributed by atoms with Crippen LogP contribution < -0.4 is 0 Å². The highest BCUT2D eigenvalue weighted by molar-refractivity contribution is 5.80. The Labute approximate surface area is 128 Å². The number of unbranched alkanes of at least 4 members (excludes halogenated alkanes) is 1. The van der Waals surface area contributed by atoms with Gasteiger partial charge in [-0.3, -0.25) is 4.79 Å². The molecule has 1 atom stereocenters. The van der Waals surface area contributed by atoms with Gasteiger partial charge in [0.05, 0.1) is 5.92 Å². The van der Waals surface area contributed by atoms with Crippen LogP contribution in [0.5, 0.6) is 0 Å². The smallest absolute Gasteiger partial charge is 0.410 e. The lowest BCUT2D eigenvalue weighted by Gasteiger charge is -2.35. The van der Waals surface area contributed by atoms with Gasteiger partial charge in [-0.1, -0.05) is 13.3 Å². The van der Waals surface area contributed by atoms with Crippen LogP contribution in [0.25, 0.3) is 0 Å². The Balaban J connectivity index is 2.55. The predicted molar refractivity (Wildman–Crippen MR) is 83.1 cm³/mol. The summed E-state index contributed by atoms with van der Waals surface area (Å²) in [6, 6.07) is 0. The third kappa shape index (κ3) is 5.94. The molecule has 1 heterocycles. The molecule has 1 rings (SSSR count). The third-order valence-corrected chi connectivity index (χ3v) is 3.65. The van der Waals surface area contributed by atoms with E-state index in [2.05, 4.69) is 6.92 Å². The number of nitrogens with zero attached hydrogens (tertiary/aromatic N) is 2. The van der Waals surface area contributed by atoms with Crippen LogP contribution in [-0.2, 0) is 9.53 Å². The lowest BCUT2D eigenvalue weighted by molar-refractivity contribution is -0.135. The highest BCUT2D eigenvalue weighted by Gasteiger charge is 2.32. The van der Waals surface area contributed by atoms with Crippen molar-refractivity contribution in [2.24, 2.45) is 5.92 Å². The monoisotopic (exact) mass is 298 g/mol. The molecule has 5 heteroatoms. The summed E-state index contributed by atoms with van der Waals surface area (Å²) in [5.41, 5.74) is -0.494. The van der Waals surface area contributed by atoms with Crippen molar-refractivity contribution in [3.05, 3.63) is 0 Å². The van der Waals surface area contributed by atoms with Crippen LogP contribution >= 0.6 is 0 Å². The maximum absolute atomic E-state index is 12.4. The van der Waals surface area contributed by atoms with E-state index < -0.39 is 5.60 Å². The van der Waals surface area contributed by atoms with Crippen LogP contribution in [0.4, 0.5) is 4.79 Å². The Morgan fingerprint density at radius 2 is 2.00 bits per heavy atom. The van der Waals surface area contributed by atoms with Crippen molar-refractivity contribution in [3.63, 3.8) is 0 Å². The van der Waals surface area contributed by atoms with Crippen LogP contribution in [0, 0.1) is 5.92 Å². The molecule has 0 aromatic heterocycles. The lowest BCUT2D eigenvalue weighted by Crippen LogP contribution is -2.47. The van der Waals surface area contributed by atoms with Crippen molar-refractivity contribution in [2.75, 3.05) is 26.7 Å². The second-order valence-corrected chi connectivity index (χ2v) is 6.88. The van der Waals surface area contributed by atoms with Gasteiger partial charge in [-0.2, -0.15) is 0 Å². The summed E-state index contributed by atoms with van der Waals surface area (Å²) in [7, 11) is 1.85. The number of carbonyl (C=O) groups is 2. The van der Waals surface area contributed by atoms with Gasteiger partial charge in [0.1, 0.15) is 5.60 Å². The number of ether oxygens (including phenoxy) is 1. The maximum atomic E-state index is 12.4. The fourth-order valence-corrected chi connectivity index (χ4v) is 2.49. The zero-order chi connectivity index (χ0) is 16.0. The van der Waals surface area contributed by atoms with Gasteiger partial charge in [-0.25, -0.2) is 4.79 Å². The van der Waals surface area contributed by atoms with Crippen molar-refractivity contribution in [1.82, 2.24) is 9.80 Å². The molecular formula is C16H30N2O3. The summed E-state index contributed by atoms with van der Waals surface area (Å²) in [4.78, 5) is 28.0. The normalized spacial score (nSPS) is 19.3. The van der Waals surface area contributed by atoms with Crippen LogP contribution in [-0.4, -0.2) is 54.1 Å².